The van der Waals surface area contributed by atoms with Gasteiger partial charge in [-0.05, 0) is 25.5 Å². The van der Waals surface area contributed by atoms with Gasteiger partial charge in [-0.3, -0.25) is 10.1 Å². The summed E-state index contributed by atoms with van der Waals surface area (Å²) in [6.45, 7) is 3.34. The van der Waals surface area contributed by atoms with E-state index in [0.717, 1.165) is 13.0 Å². The zero-order valence-electron chi connectivity index (χ0n) is 10.6. The first kappa shape index (κ1) is 13.3. The van der Waals surface area contributed by atoms with Crippen LogP contribution in [0.1, 0.15) is 18.9 Å². The van der Waals surface area contributed by atoms with Crippen LogP contribution in [-0.4, -0.2) is 24.2 Å². The van der Waals surface area contributed by atoms with Crippen LogP contribution < -0.4 is 5.32 Å². The van der Waals surface area contributed by atoms with Crippen LogP contribution in [0.25, 0.3) is 0 Å². The molecule has 2 rings (SSSR count). The minimum atomic E-state index is -0.446. The fourth-order valence-electron chi connectivity index (χ4n) is 2.19. The molecule has 1 aliphatic heterocycles. The van der Waals surface area contributed by atoms with E-state index in [1.165, 1.54) is 18.2 Å². The third-order valence-corrected chi connectivity index (χ3v) is 3.41. The number of nitriles is 1. The smallest absolute Gasteiger partial charge is 0.292 e. The first-order valence-corrected chi connectivity index (χ1v) is 6.16. The number of hydrogen-bond donors (Lipinski definition) is 1. The maximum atomic E-state index is 10.9. The van der Waals surface area contributed by atoms with E-state index in [1.54, 1.807) is 0 Å². The van der Waals surface area contributed by atoms with Gasteiger partial charge < -0.3 is 10.1 Å². The molecule has 1 aromatic rings. The zero-order chi connectivity index (χ0) is 13.8. The van der Waals surface area contributed by atoms with Crippen LogP contribution in [0.3, 0.4) is 0 Å². The van der Waals surface area contributed by atoms with Gasteiger partial charge in [-0.15, -0.1) is 0 Å². The van der Waals surface area contributed by atoms with Crippen molar-refractivity contribution in [3.05, 3.63) is 33.9 Å². The van der Waals surface area contributed by atoms with Crippen LogP contribution in [0, 0.1) is 27.4 Å². The van der Waals surface area contributed by atoms with Gasteiger partial charge >= 0.3 is 0 Å². The van der Waals surface area contributed by atoms with E-state index < -0.39 is 4.92 Å². The van der Waals surface area contributed by atoms with Gasteiger partial charge in [0.2, 0.25) is 0 Å². The number of benzene rings is 1. The molecule has 0 aromatic heterocycles. The number of ether oxygens (including phenoxy) is 1. The number of nitrogens with zero attached hydrogens (tertiary/aromatic N) is 2. The Kier molecular flexibility index (Phi) is 3.97. The highest BCUT2D eigenvalue weighted by molar-refractivity contribution is 5.64. The maximum Gasteiger partial charge on any atom is 0.292 e. The summed E-state index contributed by atoms with van der Waals surface area (Å²) in [5, 5.41) is 22.9. The highest BCUT2D eigenvalue weighted by Gasteiger charge is 2.24. The second-order valence-corrected chi connectivity index (χ2v) is 4.61. The fourth-order valence-corrected chi connectivity index (χ4v) is 2.19. The summed E-state index contributed by atoms with van der Waals surface area (Å²) in [6, 6.07) is 6.30. The first-order chi connectivity index (χ1) is 9.11. The second kappa shape index (κ2) is 5.67. The van der Waals surface area contributed by atoms with Crippen molar-refractivity contribution in [1.82, 2.24) is 0 Å². The number of nitro benzene ring substituents is 1. The lowest BCUT2D eigenvalue weighted by Crippen LogP contribution is -2.21. The maximum absolute atomic E-state index is 10.9. The van der Waals surface area contributed by atoms with Crippen LogP contribution in [-0.2, 0) is 4.74 Å². The lowest BCUT2D eigenvalue weighted by molar-refractivity contribution is -0.384. The van der Waals surface area contributed by atoms with Crippen LogP contribution >= 0.6 is 0 Å². The largest absolute Gasteiger partial charge is 0.379 e. The van der Waals surface area contributed by atoms with Crippen LogP contribution in [0.5, 0.6) is 0 Å². The molecule has 100 valence electrons. The SMILES string of the molecule is CC1OCCC1CNc1cc(C#N)ccc1[N+](=O)[O-]. The molecule has 0 spiro atoms. The topological polar surface area (TPSA) is 88.2 Å². The van der Waals surface area contributed by atoms with Gasteiger partial charge in [-0.25, -0.2) is 0 Å². The molecule has 0 bridgehead atoms. The van der Waals surface area contributed by atoms with Crippen molar-refractivity contribution in [3.8, 4) is 6.07 Å². The highest BCUT2D eigenvalue weighted by Crippen LogP contribution is 2.27. The molecule has 0 amide bonds. The molecule has 2 unspecified atom stereocenters. The van der Waals surface area contributed by atoms with E-state index in [9.17, 15) is 10.1 Å². The Labute approximate surface area is 111 Å². The number of nitrogens with one attached hydrogen (secondary N) is 1. The molecule has 6 heteroatoms. The molecule has 1 fully saturated rings. The van der Waals surface area contributed by atoms with E-state index >= 15 is 0 Å². The van der Waals surface area contributed by atoms with Crippen LogP contribution in [0.4, 0.5) is 11.4 Å². The molecule has 0 radical (unpaired) electrons. The molecule has 1 aliphatic rings. The predicted molar refractivity (Wildman–Crippen MR) is 69.8 cm³/mol. The minimum absolute atomic E-state index is 0.00873. The molecule has 2 atom stereocenters. The Bertz CT molecular complexity index is 524. The average Bonchev–Trinajstić information content (AvgIpc) is 2.81. The fraction of sp³-hybridized carbons (Fsp3) is 0.462. The molecule has 6 nitrogen and oxygen atoms in total. The molecule has 0 aliphatic carbocycles. The molecule has 1 aromatic carbocycles. The summed E-state index contributed by atoms with van der Waals surface area (Å²) in [4.78, 5) is 10.5. The molecule has 1 N–H and O–H groups in total. The molecule has 1 heterocycles. The summed E-state index contributed by atoms with van der Waals surface area (Å²) in [7, 11) is 0. The Morgan fingerprint density at radius 1 is 1.63 bits per heavy atom. The summed E-state index contributed by atoms with van der Waals surface area (Å²) in [5.41, 5.74) is 0.789. The van der Waals surface area contributed by atoms with Crippen molar-refractivity contribution in [3.63, 3.8) is 0 Å². The summed E-state index contributed by atoms with van der Waals surface area (Å²) in [5.74, 6) is 0.338. The lowest BCUT2D eigenvalue weighted by Gasteiger charge is -2.15. The van der Waals surface area contributed by atoms with E-state index in [1.807, 2.05) is 13.0 Å². The Morgan fingerprint density at radius 2 is 2.42 bits per heavy atom. The molecule has 1 saturated heterocycles. The standard InChI is InChI=1S/C13H15N3O3/c1-9-11(4-5-19-9)8-15-12-6-10(7-14)2-3-13(12)16(17)18/h2-3,6,9,11,15H,4-5,8H2,1H3. The van der Waals surface area contributed by atoms with Gasteiger partial charge in [0.25, 0.3) is 5.69 Å². The Hall–Kier alpha value is -2.13. The van der Waals surface area contributed by atoms with Crippen molar-refractivity contribution in [1.29, 1.82) is 5.26 Å². The molecule has 0 saturated carbocycles. The molecular weight excluding hydrogens is 246 g/mol. The average molecular weight is 261 g/mol. The van der Waals surface area contributed by atoms with Gasteiger partial charge in [0.15, 0.2) is 0 Å². The van der Waals surface area contributed by atoms with E-state index in [-0.39, 0.29) is 11.8 Å². The van der Waals surface area contributed by atoms with Crippen molar-refractivity contribution in [2.45, 2.75) is 19.4 Å². The van der Waals surface area contributed by atoms with Gasteiger partial charge in [0.1, 0.15) is 5.69 Å². The van der Waals surface area contributed by atoms with Gasteiger partial charge in [0, 0.05) is 25.1 Å². The third-order valence-electron chi connectivity index (χ3n) is 3.41. The molecule has 19 heavy (non-hydrogen) atoms. The Balaban J connectivity index is 2.13. The number of hydrogen-bond acceptors (Lipinski definition) is 5. The van der Waals surface area contributed by atoms with E-state index in [0.29, 0.717) is 23.7 Å². The monoisotopic (exact) mass is 261 g/mol. The molecular formula is C13H15N3O3. The summed E-state index contributed by atoms with van der Waals surface area (Å²) >= 11 is 0. The van der Waals surface area contributed by atoms with E-state index in [4.69, 9.17) is 10.00 Å². The van der Waals surface area contributed by atoms with Crippen molar-refractivity contribution in [2.75, 3.05) is 18.5 Å². The van der Waals surface area contributed by atoms with Crippen molar-refractivity contribution < 1.29 is 9.66 Å². The Morgan fingerprint density at radius 3 is 3.00 bits per heavy atom. The number of rotatable bonds is 4. The van der Waals surface area contributed by atoms with Gasteiger partial charge in [-0.2, -0.15) is 5.26 Å². The van der Waals surface area contributed by atoms with Crippen LogP contribution in [0.15, 0.2) is 18.2 Å². The van der Waals surface area contributed by atoms with Gasteiger partial charge in [-0.1, -0.05) is 0 Å². The normalized spacial score (nSPS) is 21.9. The highest BCUT2D eigenvalue weighted by atomic mass is 16.6. The second-order valence-electron chi connectivity index (χ2n) is 4.61. The van der Waals surface area contributed by atoms with Crippen molar-refractivity contribution in [2.24, 2.45) is 5.92 Å². The zero-order valence-corrected chi connectivity index (χ0v) is 10.6. The van der Waals surface area contributed by atoms with Crippen LogP contribution in [0.2, 0.25) is 0 Å². The number of nitro groups is 1. The first-order valence-electron chi connectivity index (χ1n) is 6.16. The summed E-state index contributed by atoms with van der Waals surface area (Å²) in [6.07, 6.45) is 1.10. The minimum Gasteiger partial charge on any atom is -0.379 e. The predicted octanol–water partition coefficient (Wildman–Crippen LogP) is 2.30. The summed E-state index contributed by atoms with van der Waals surface area (Å²) < 4.78 is 5.45. The van der Waals surface area contributed by atoms with E-state index in [2.05, 4.69) is 5.32 Å². The lowest BCUT2D eigenvalue weighted by atomic mass is 10.0. The quantitative estimate of drug-likeness (QED) is 0.663. The third kappa shape index (κ3) is 3.01. The van der Waals surface area contributed by atoms with Gasteiger partial charge in [0.05, 0.1) is 22.7 Å². The number of anilines is 1. The van der Waals surface area contributed by atoms with Crippen molar-refractivity contribution >= 4 is 11.4 Å².